The molecule has 1 aliphatic rings. The molecule has 1 N–H and O–H groups in total. The second-order valence-corrected chi connectivity index (χ2v) is 5.23. The van der Waals surface area contributed by atoms with E-state index in [1.54, 1.807) is 6.92 Å². The van der Waals surface area contributed by atoms with Gasteiger partial charge < -0.3 is 9.47 Å². The maximum absolute atomic E-state index is 12.0. The summed E-state index contributed by atoms with van der Waals surface area (Å²) in [4.78, 5) is 23.9. The average Bonchev–Trinajstić information content (AvgIpc) is 2.92. The Labute approximate surface area is 124 Å². The van der Waals surface area contributed by atoms with Gasteiger partial charge in [0.2, 0.25) is 0 Å². The SMILES string of the molecule is CCOC(=O)[C@@H]1C[C@H](C(=O)OC)[C@H](c2ccc(C)cc2)N1. The van der Waals surface area contributed by atoms with Gasteiger partial charge in [-0.25, -0.2) is 0 Å². The molecule has 1 aliphatic heterocycles. The first-order valence-electron chi connectivity index (χ1n) is 7.14. The number of benzene rings is 1. The van der Waals surface area contributed by atoms with Crippen LogP contribution in [0.25, 0.3) is 0 Å². The van der Waals surface area contributed by atoms with Crippen molar-refractivity contribution in [1.82, 2.24) is 5.32 Å². The number of aryl methyl sites for hydroxylation is 1. The molecule has 0 unspecified atom stereocenters. The molecule has 0 aliphatic carbocycles. The quantitative estimate of drug-likeness (QED) is 0.856. The average molecular weight is 291 g/mol. The molecular formula is C16H21NO4. The lowest BCUT2D eigenvalue weighted by Crippen LogP contribution is -2.33. The minimum Gasteiger partial charge on any atom is -0.469 e. The van der Waals surface area contributed by atoms with E-state index < -0.39 is 6.04 Å². The summed E-state index contributed by atoms with van der Waals surface area (Å²) < 4.78 is 9.90. The van der Waals surface area contributed by atoms with Crippen LogP contribution in [-0.2, 0) is 19.1 Å². The first-order valence-corrected chi connectivity index (χ1v) is 7.14. The molecule has 3 atom stereocenters. The summed E-state index contributed by atoms with van der Waals surface area (Å²) in [5.74, 6) is -1.01. The summed E-state index contributed by atoms with van der Waals surface area (Å²) in [5, 5.41) is 3.20. The Morgan fingerprint density at radius 2 is 1.90 bits per heavy atom. The fourth-order valence-corrected chi connectivity index (χ4v) is 2.68. The molecule has 0 amide bonds. The maximum atomic E-state index is 12.0. The first-order chi connectivity index (χ1) is 10.1. The molecule has 1 aromatic carbocycles. The number of esters is 2. The van der Waals surface area contributed by atoms with Crippen LogP contribution in [0.15, 0.2) is 24.3 Å². The normalized spacial score (nSPS) is 24.6. The van der Waals surface area contributed by atoms with Crippen molar-refractivity contribution >= 4 is 11.9 Å². The first kappa shape index (κ1) is 15.5. The smallest absolute Gasteiger partial charge is 0.323 e. The Kier molecular flexibility index (Phi) is 4.96. The van der Waals surface area contributed by atoms with Crippen LogP contribution in [0.2, 0.25) is 0 Å². The second kappa shape index (κ2) is 6.72. The molecule has 0 bridgehead atoms. The Hall–Kier alpha value is -1.88. The molecule has 1 aromatic rings. The minimum atomic E-state index is -0.472. The molecule has 114 valence electrons. The topological polar surface area (TPSA) is 64.6 Å². The van der Waals surface area contributed by atoms with Crippen molar-refractivity contribution in [2.75, 3.05) is 13.7 Å². The lowest BCUT2D eigenvalue weighted by Gasteiger charge is -2.18. The molecule has 0 spiro atoms. The molecule has 1 heterocycles. The third kappa shape index (κ3) is 3.42. The number of methoxy groups -OCH3 is 1. The van der Waals surface area contributed by atoms with E-state index >= 15 is 0 Å². The van der Waals surface area contributed by atoms with Gasteiger partial charge in [0.15, 0.2) is 0 Å². The number of ether oxygens (including phenoxy) is 2. The summed E-state index contributed by atoms with van der Waals surface area (Å²) in [6.07, 6.45) is 0.393. The van der Waals surface area contributed by atoms with Crippen LogP contribution >= 0.6 is 0 Å². The highest BCUT2D eigenvalue weighted by molar-refractivity contribution is 5.80. The molecule has 0 radical (unpaired) electrons. The Bertz CT molecular complexity index is 512. The lowest BCUT2D eigenvalue weighted by molar-refractivity contribution is -0.146. The van der Waals surface area contributed by atoms with Crippen molar-refractivity contribution in [1.29, 1.82) is 0 Å². The van der Waals surface area contributed by atoms with Crippen molar-refractivity contribution in [3.63, 3.8) is 0 Å². The van der Waals surface area contributed by atoms with Crippen LogP contribution < -0.4 is 5.32 Å². The van der Waals surface area contributed by atoms with Crippen molar-refractivity contribution in [3.8, 4) is 0 Å². The highest BCUT2D eigenvalue weighted by Crippen LogP contribution is 2.34. The van der Waals surface area contributed by atoms with Gasteiger partial charge in [-0.15, -0.1) is 0 Å². The van der Waals surface area contributed by atoms with Gasteiger partial charge in [0.05, 0.1) is 19.6 Å². The highest BCUT2D eigenvalue weighted by atomic mass is 16.5. The van der Waals surface area contributed by atoms with Crippen LogP contribution in [-0.4, -0.2) is 31.7 Å². The van der Waals surface area contributed by atoms with Crippen LogP contribution in [0, 0.1) is 12.8 Å². The van der Waals surface area contributed by atoms with E-state index in [4.69, 9.17) is 9.47 Å². The summed E-state index contributed by atoms with van der Waals surface area (Å²) in [7, 11) is 1.37. The summed E-state index contributed by atoms with van der Waals surface area (Å²) >= 11 is 0. The summed E-state index contributed by atoms with van der Waals surface area (Å²) in [6.45, 7) is 4.10. The zero-order valence-electron chi connectivity index (χ0n) is 12.6. The number of rotatable bonds is 4. The number of hydrogen-bond acceptors (Lipinski definition) is 5. The van der Waals surface area contributed by atoms with E-state index in [1.165, 1.54) is 7.11 Å². The van der Waals surface area contributed by atoms with Gasteiger partial charge in [-0.05, 0) is 25.8 Å². The zero-order chi connectivity index (χ0) is 15.4. The van der Waals surface area contributed by atoms with Gasteiger partial charge in [0.25, 0.3) is 0 Å². The molecule has 1 fully saturated rings. The van der Waals surface area contributed by atoms with Crippen LogP contribution in [0.1, 0.15) is 30.5 Å². The monoisotopic (exact) mass is 291 g/mol. The minimum absolute atomic E-state index is 0.229. The Balaban J connectivity index is 2.21. The van der Waals surface area contributed by atoms with E-state index in [-0.39, 0.29) is 23.9 Å². The molecule has 1 saturated heterocycles. The fraction of sp³-hybridized carbons (Fsp3) is 0.500. The molecular weight excluding hydrogens is 270 g/mol. The molecule has 5 heteroatoms. The molecule has 21 heavy (non-hydrogen) atoms. The van der Waals surface area contributed by atoms with Gasteiger partial charge in [-0.2, -0.15) is 0 Å². The van der Waals surface area contributed by atoms with Crippen LogP contribution in [0.4, 0.5) is 0 Å². The number of carbonyl (C=O) groups excluding carboxylic acids is 2. The van der Waals surface area contributed by atoms with E-state index in [0.717, 1.165) is 11.1 Å². The molecule has 0 aromatic heterocycles. The van der Waals surface area contributed by atoms with Gasteiger partial charge in [-0.1, -0.05) is 29.8 Å². The Morgan fingerprint density at radius 3 is 2.48 bits per heavy atom. The number of nitrogens with one attached hydrogen (secondary N) is 1. The van der Waals surface area contributed by atoms with Crippen molar-refractivity contribution < 1.29 is 19.1 Å². The van der Waals surface area contributed by atoms with E-state index in [2.05, 4.69) is 5.32 Å². The van der Waals surface area contributed by atoms with E-state index in [1.807, 2.05) is 31.2 Å². The number of hydrogen-bond donors (Lipinski definition) is 1. The van der Waals surface area contributed by atoms with Gasteiger partial charge >= 0.3 is 11.9 Å². The molecule has 2 rings (SSSR count). The maximum Gasteiger partial charge on any atom is 0.323 e. The fourth-order valence-electron chi connectivity index (χ4n) is 2.68. The van der Waals surface area contributed by atoms with Crippen molar-refractivity contribution in [3.05, 3.63) is 35.4 Å². The van der Waals surface area contributed by atoms with E-state index in [9.17, 15) is 9.59 Å². The Morgan fingerprint density at radius 1 is 1.24 bits per heavy atom. The predicted molar refractivity (Wildman–Crippen MR) is 77.6 cm³/mol. The lowest BCUT2D eigenvalue weighted by atomic mass is 9.93. The standard InChI is InChI=1S/C16H21NO4/c1-4-21-16(19)13-9-12(15(18)20-3)14(17-13)11-7-5-10(2)6-8-11/h5-8,12-14,17H,4,9H2,1-3H3/t12-,13-,14-/m0/s1. The molecule has 0 saturated carbocycles. The summed E-state index contributed by atoms with van der Waals surface area (Å²) in [6, 6.07) is 7.21. The van der Waals surface area contributed by atoms with Gasteiger partial charge in [0.1, 0.15) is 6.04 Å². The molecule has 5 nitrogen and oxygen atoms in total. The van der Waals surface area contributed by atoms with Crippen molar-refractivity contribution in [2.24, 2.45) is 5.92 Å². The van der Waals surface area contributed by atoms with E-state index in [0.29, 0.717) is 13.0 Å². The van der Waals surface area contributed by atoms with Crippen LogP contribution in [0.3, 0.4) is 0 Å². The largest absolute Gasteiger partial charge is 0.469 e. The predicted octanol–water partition coefficient (Wildman–Crippen LogP) is 1.75. The second-order valence-electron chi connectivity index (χ2n) is 5.23. The highest BCUT2D eigenvalue weighted by Gasteiger charge is 2.43. The van der Waals surface area contributed by atoms with Gasteiger partial charge in [-0.3, -0.25) is 14.9 Å². The number of carbonyl (C=O) groups is 2. The zero-order valence-corrected chi connectivity index (χ0v) is 12.6. The summed E-state index contributed by atoms with van der Waals surface area (Å²) in [5.41, 5.74) is 2.12. The third-order valence-corrected chi connectivity index (χ3v) is 3.78. The van der Waals surface area contributed by atoms with Gasteiger partial charge in [0, 0.05) is 6.04 Å². The van der Waals surface area contributed by atoms with Crippen molar-refractivity contribution in [2.45, 2.75) is 32.4 Å². The van der Waals surface area contributed by atoms with Crippen LogP contribution in [0.5, 0.6) is 0 Å². The third-order valence-electron chi connectivity index (χ3n) is 3.78.